The second kappa shape index (κ2) is 9.59. The fraction of sp³-hybridized carbons (Fsp3) is 0.765. The molecule has 0 aromatic heterocycles. The lowest BCUT2D eigenvalue weighted by molar-refractivity contribution is -0.141. The SMILES string of the molecule is COC(=O)CCN(CCC1=CCCCC1)C(=O)CC(C)C. The monoisotopic (exact) mass is 295 g/mol. The van der Waals surface area contributed by atoms with E-state index in [4.69, 9.17) is 0 Å². The minimum absolute atomic E-state index is 0.144. The molecule has 21 heavy (non-hydrogen) atoms. The number of rotatable bonds is 8. The fourth-order valence-electron chi connectivity index (χ4n) is 2.58. The zero-order chi connectivity index (χ0) is 15.7. The molecule has 0 N–H and O–H groups in total. The summed E-state index contributed by atoms with van der Waals surface area (Å²) in [6, 6.07) is 0. The van der Waals surface area contributed by atoms with Gasteiger partial charge in [-0.25, -0.2) is 0 Å². The number of esters is 1. The number of carbonyl (C=O) groups is 2. The third-order valence-corrected chi connectivity index (χ3v) is 3.84. The third kappa shape index (κ3) is 7.30. The van der Waals surface area contributed by atoms with Crippen LogP contribution in [0.15, 0.2) is 11.6 Å². The van der Waals surface area contributed by atoms with Crippen molar-refractivity contribution in [1.29, 1.82) is 0 Å². The second-order valence-corrected chi connectivity index (χ2v) is 6.16. The summed E-state index contributed by atoms with van der Waals surface area (Å²) in [7, 11) is 1.38. The van der Waals surface area contributed by atoms with E-state index in [0.29, 0.717) is 25.4 Å². The molecule has 0 unspecified atom stereocenters. The fourth-order valence-corrected chi connectivity index (χ4v) is 2.58. The number of hydrogen-bond acceptors (Lipinski definition) is 3. The van der Waals surface area contributed by atoms with Crippen molar-refractivity contribution in [2.24, 2.45) is 5.92 Å². The van der Waals surface area contributed by atoms with Crippen LogP contribution in [0, 0.1) is 5.92 Å². The van der Waals surface area contributed by atoms with Crippen molar-refractivity contribution in [3.8, 4) is 0 Å². The van der Waals surface area contributed by atoms with Gasteiger partial charge in [0.15, 0.2) is 0 Å². The van der Waals surface area contributed by atoms with Gasteiger partial charge in [-0.2, -0.15) is 0 Å². The Morgan fingerprint density at radius 2 is 2.05 bits per heavy atom. The molecular weight excluding hydrogens is 266 g/mol. The summed E-state index contributed by atoms with van der Waals surface area (Å²) in [5.41, 5.74) is 1.46. The molecular formula is C17H29NO3. The minimum atomic E-state index is -0.255. The van der Waals surface area contributed by atoms with Crippen LogP contribution >= 0.6 is 0 Å². The highest BCUT2D eigenvalue weighted by Crippen LogP contribution is 2.20. The maximum absolute atomic E-state index is 12.3. The predicted molar refractivity (Wildman–Crippen MR) is 83.8 cm³/mol. The van der Waals surface area contributed by atoms with E-state index in [1.165, 1.54) is 25.5 Å². The summed E-state index contributed by atoms with van der Waals surface area (Å²) < 4.78 is 4.67. The molecule has 1 amide bonds. The van der Waals surface area contributed by atoms with Crippen LogP contribution in [0.1, 0.15) is 58.8 Å². The van der Waals surface area contributed by atoms with Gasteiger partial charge in [0.1, 0.15) is 0 Å². The third-order valence-electron chi connectivity index (χ3n) is 3.84. The largest absolute Gasteiger partial charge is 0.469 e. The Balaban J connectivity index is 2.51. The van der Waals surface area contributed by atoms with Gasteiger partial charge in [-0.3, -0.25) is 9.59 Å². The van der Waals surface area contributed by atoms with Gasteiger partial charge < -0.3 is 9.64 Å². The highest BCUT2D eigenvalue weighted by Gasteiger charge is 2.17. The standard InChI is InChI=1S/C17H29NO3/c1-14(2)13-16(19)18(12-10-17(20)21-3)11-9-15-7-5-4-6-8-15/h7,14H,4-6,8-13H2,1-3H3. The zero-order valence-electron chi connectivity index (χ0n) is 13.7. The maximum atomic E-state index is 12.3. The quantitative estimate of drug-likeness (QED) is 0.510. The van der Waals surface area contributed by atoms with Crippen molar-refractivity contribution >= 4 is 11.9 Å². The van der Waals surface area contributed by atoms with Gasteiger partial charge in [-0.05, 0) is 38.0 Å². The number of allylic oxidation sites excluding steroid dienone is 1. The van der Waals surface area contributed by atoms with E-state index >= 15 is 0 Å². The summed E-state index contributed by atoms with van der Waals surface area (Å²) in [5.74, 6) is 0.228. The van der Waals surface area contributed by atoms with Crippen LogP contribution in [0.2, 0.25) is 0 Å². The summed E-state index contributed by atoms with van der Waals surface area (Å²) in [6.45, 7) is 5.26. The summed E-state index contributed by atoms with van der Waals surface area (Å²) in [6.07, 6.45) is 8.93. The Morgan fingerprint density at radius 1 is 1.29 bits per heavy atom. The predicted octanol–water partition coefficient (Wildman–Crippen LogP) is 3.31. The Morgan fingerprint density at radius 3 is 2.62 bits per heavy atom. The first-order valence-corrected chi connectivity index (χ1v) is 8.05. The number of hydrogen-bond donors (Lipinski definition) is 0. The molecule has 0 radical (unpaired) electrons. The molecule has 0 fully saturated rings. The van der Waals surface area contributed by atoms with Crippen LogP contribution in [-0.2, 0) is 14.3 Å². The first kappa shape index (κ1) is 17.7. The first-order chi connectivity index (χ1) is 10.0. The molecule has 0 saturated heterocycles. The average molecular weight is 295 g/mol. The molecule has 120 valence electrons. The number of ether oxygens (including phenoxy) is 1. The number of methoxy groups -OCH3 is 1. The molecule has 0 spiro atoms. The molecule has 4 nitrogen and oxygen atoms in total. The van der Waals surface area contributed by atoms with Gasteiger partial charge in [-0.1, -0.05) is 25.5 Å². The molecule has 4 heteroatoms. The lowest BCUT2D eigenvalue weighted by Gasteiger charge is -2.24. The molecule has 0 atom stereocenters. The van der Waals surface area contributed by atoms with E-state index in [9.17, 15) is 9.59 Å². The van der Waals surface area contributed by atoms with Gasteiger partial charge in [0, 0.05) is 19.5 Å². The molecule has 0 heterocycles. The van der Waals surface area contributed by atoms with Crippen molar-refractivity contribution in [3.05, 3.63) is 11.6 Å². The van der Waals surface area contributed by atoms with Crippen molar-refractivity contribution in [2.45, 2.75) is 58.8 Å². The average Bonchev–Trinajstić information content (AvgIpc) is 2.47. The second-order valence-electron chi connectivity index (χ2n) is 6.16. The van der Waals surface area contributed by atoms with Crippen molar-refractivity contribution in [2.75, 3.05) is 20.2 Å². The Labute approximate surface area is 128 Å². The zero-order valence-corrected chi connectivity index (χ0v) is 13.7. The van der Waals surface area contributed by atoms with Crippen molar-refractivity contribution in [1.82, 2.24) is 4.90 Å². The molecule has 0 aliphatic heterocycles. The van der Waals surface area contributed by atoms with E-state index < -0.39 is 0 Å². The summed E-state index contributed by atoms with van der Waals surface area (Å²) in [4.78, 5) is 25.4. The van der Waals surface area contributed by atoms with E-state index in [1.807, 2.05) is 18.7 Å². The van der Waals surface area contributed by atoms with Gasteiger partial charge >= 0.3 is 5.97 Å². The highest BCUT2D eigenvalue weighted by molar-refractivity contribution is 5.77. The topological polar surface area (TPSA) is 46.6 Å². The van der Waals surface area contributed by atoms with Gasteiger partial charge in [-0.15, -0.1) is 0 Å². The van der Waals surface area contributed by atoms with Crippen LogP contribution in [0.25, 0.3) is 0 Å². The molecule has 1 aliphatic rings. The van der Waals surface area contributed by atoms with Crippen molar-refractivity contribution in [3.63, 3.8) is 0 Å². The Hall–Kier alpha value is -1.32. The smallest absolute Gasteiger partial charge is 0.307 e. The van der Waals surface area contributed by atoms with Crippen LogP contribution < -0.4 is 0 Å². The highest BCUT2D eigenvalue weighted by atomic mass is 16.5. The van der Waals surface area contributed by atoms with E-state index in [1.54, 1.807) is 0 Å². The molecule has 0 aromatic carbocycles. The van der Waals surface area contributed by atoms with Crippen LogP contribution in [0.5, 0.6) is 0 Å². The van der Waals surface area contributed by atoms with Crippen molar-refractivity contribution < 1.29 is 14.3 Å². The Bertz CT molecular complexity index is 374. The molecule has 0 aromatic rings. The molecule has 0 saturated carbocycles. The molecule has 1 aliphatic carbocycles. The summed E-state index contributed by atoms with van der Waals surface area (Å²) in [5, 5.41) is 0. The van der Waals surface area contributed by atoms with Crippen LogP contribution in [0.3, 0.4) is 0 Å². The number of carbonyl (C=O) groups excluding carboxylic acids is 2. The minimum Gasteiger partial charge on any atom is -0.469 e. The normalized spacial score (nSPS) is 14.8. The number of amides is 1. The van der Waals surface area contributed by atoms with Crippen LogP contribution in [-0.4, -0.2) is 37.0 Å². The number of nitrogens with zero attached hydrogens (tertiary/aromatic N) is 1. The molecule has 0 bridgehead atoms. The Kier molecular flexibility index (Phi) is 8.09. The lowest BCUT2D eigenvalue weighted by atomic mass is 9.97. The maximum Gasteiger partial charge on any atom is 0.307 e. The lowest BCUT2D eigenvalue weighted by Crippen LogP contribution is -2.35. The molecule has 1 rings (SSSR count). The van der Waals surface area contributed by atoms with Gasteiger partial charge in [0.25, 0.3) is 0 Å². The van der Waals surface area contributed by atoms with E-state index in [2.05, 4.69) is 10.8 Å². The van der Waals surface area contributed by atoms with Crippen LogP contribution in [0.4, 0.5) is 0 Å². The van der Waals surface area contributed by atoms with Gasteiger partial charge in [0.2, 0.25) is 5.91 Å². The van der Waals surface area contributed by atoms with Gasteiger partial charge in [0.05, 0.1) is 13.5 Å². The first-order valence-electron chi connectivity index (χ1n) is 8.05. The van der Waals surface area contributed by atoms with E-state index in [0.717, 1.165) is 19.3 Å². The summed E-state index contributed by atoms with van der Waals surface area (Å²) >= 11 is 0. The van der Waals surface area contributed by atoms with E-state index in [-0.39, 0.29) is 18.3 Å².